The van der Waals surface area contributed by atoms with Gasteiger partial charge in [0.25, 0.3) is 0 Å². The first-order valence-corrected chi connectivity index (χ1v) is 10.7. The van der Waals surface area contributed by atoms with Crippen LogP contribution in [0.1, 0.15) is 31.9 Å². The van der Waals surface area contributed by atoms with Gasteiger partial charge in [-0.05, 0) is 45.0 Å². The zero-order valence-electron chi connectivity index (χ0n) is 15.4. The van der Waals surface area contributed by atoms with Crippen molar-refractivity contribution < 1.29 is 14.6 Å². The second-order valence-corrected chi connectivity index (χ2v) is 9.82. The van der Waals surface area contributed by atoms with E-state index in [0.717, 1.165) is 15.6 Å². The third-order valence-electron chi connectivity index (χ3n) is 4.64. The second kappa shape index (κ2) is 6.64. The Balaban J connectivity index is 1.96. The Morgan fingerprint density at radius 3 is 2.71 bits per heavy atom. The predicted octanol–water partition coefficient (Wildman–Crippen LogP) is 5.73. The zero-order valence-corrected chi connectivity index (χ0v) is 18.5. The number of halogens is 2. The van der Waals surface area contributed by atoms with Gasteiger partial charge < -0.3 is 9.84 Å². The predicted molar refractivity (Wildman–Crippen MR) is 114 cm³/mol. The van der Waals surface area contributed by atoms with E-state index in [-0.39, 0.29) is 0 Å². The highest BCUT2D eigenvalue weighted by atomic mass is 79.9. The topological polar surface area (TPSA) is 75.0 Å². The van der Waals surface area contributed by atoms with Crippen LogP contribution in [0.25, 0.3) is 0 Å². The Morgan fingerprint density at radius 2 is 2.04 bits per heavy atom. The molecule has 1 spiro atoms. The fourth-order valence-corrected chi connectivity index (χ4v) is 5.38. The van der Waals surface area contributed by atoms with E-state index >= 15 is 0 Å². The number of hydrogen-bond acceptors (Lipinski definition) is 5. The fourth-order valence-electron chi connectivity index (χ4n) is 3.44. The molecule has 6 nitrogen and oxygen atoms in total. The molecule has 3 heterocycles. The van der Waals surface area contributed by atoms with Gasteiger partial charge in [-0.1, -0.05) is 39.3 Å². The SMILES string of the molecule is CC(C)(C)N(C(=O)O)C1=NC2(CS1)c1cc(Br)ccc1Oc1cnc(Cl)cc12. The third-order valence-corrected chi connectivity index (χ3v) is 6.43. The zero-order chi connectivity index (χ0) is 20.3. The first kappa shape index (κ1) is 19.5. The van der Waals surface area contributed by atoms with Crippen molar-refractivity contribution in [3.05, 3.63) is 51.2 Å². The van der Waals surface area contributed by atoms with E-state index in [0.29, 0.717) is 27.6 Å². The first-order valence-electron chi connectivity index (χ1n) is 8.51. The molecule has 1 aromatic carbocycles. The van der Waals surface area contributed by atoms with E-state index in [4.69, 9.17) is 21.3 Å². The monoisotopic (exact) mass is 481 g/mol. The van der Waals surface area contributed by atoms with Gasteiger partial charge in [0, 0.05) is 26.9 Å². The van der Waals surface area contributed by atoms with E-state index in [1.807, 2.05) is 39.0 Å². The van der Waals surface area contributed by atoms with Gasteiger partial charge in [0.15, 0.2) is 10.9 Å². The number of carboxylic acid groups (broad SMARTS) is 1. The lowest BCUT2D eigenvalue weighted by atomic mass is 9.83. The molecule has 0 bridgehead atoms. The molecule has 0 radical (unpaired) electrons. The fraction of sp³-hybridized carbons (Fsp3) is 0.316. The highest BCUT2D eigenvalue weighted by Gasteiger charge is 2.49. The second-order valence-electron chi connectivity index (χ2n) is 7.58. The van der Waals surface area contributed by atoms with Crippen LogP contribution in [-0.2, 0) is 5.54 Å². The first-order chi connectivity index (χ1) is 13.1. The lowest BCUT2D eigenvalue weighted by Gasteiger charge is -2.35. The summed E-state index contributed by atoms with van der Waals surface area (Å²) in [6.07, 6.45) is 0.548. The van der Waals surface area contributed by atoms with Crippen molar-refractivity contribution in [2.45, 2.75) is 31.8 Å². The maximum atomic E-state index is 12.0. The van der Waals surface area contributed by atoms with Gasteiger partial charge in [-0.15, -0.1) is 0 Å². The number of pyridine rings is 1. The summed E-state index contributed by atoms with van der Waals surface area (Å²) in [5, 5.41) is 10.6. The van der Waals surface area contributed by atoms with Gasteiger partial charge in [0.1, 0.15) is 16.4 Å². The lowest BCUT2D eigenvalue weighted by Crippen LogP contribution is -2.47. The third kappa shape index (κ3) is 3.07. The number of hydrogen-bond donors (Lipinski definition) is 1. The Morgan fingerprint density at radius 1 is 1.32 bits per heavy atom. The normalized spacial score (nSPS) is 20.2. The minimum absolute atomic E-state index is 0.333. The van der Waals surface area contributed by atoms with Gasteiger partial charge in [0.05, 0.1) is 6.20 Å². The van der Waals surface area contributed by atoms with Crippen LogP contribution in [0.4, 0.5) is 4.79 Å². The molecule has 1 atom stereocenters. The molecule has 4 rings (SSSR count). The van der Waals surface area contributed by atoms with E-state index in [9.17, 15) is 9.90 Å². The van der Waals surface area contributed by atoms with E-state index < -0.39 is 17.2 Å². The molecule has 9 heteroatoms. The molecule has 0 aliphatic carbocycles. The number of aromatic nitrogens is 1. The minimum atomic E-state index is -1.04. The summed E-state index contributed by atoms with van der Waals surface area (Å²) >= 11 is 11.1. The highest BCUT2D eigenvalue weighted by molar-refractivity contribution is 9.10. The number of fused-ring (bicyclic) bond motifs is 4. The molecule has 1 amide bonds. The standard InChI is InChI=1S/C19H17BrClN3O3S/c1-18(2,3)24(17(25)26)16-23-19(9-28-16)11-6-10(20)4-5-13(11)27-14-8-22-15(21)7-12(14)19/h4-8H,9H2,1-3H3,(H,25,26). The number of thioether (sulfide) groups is 1. The van der Waals surface area contributed by atoms with Crippen LogP contribution in [0.3, 0.4) is 0 Å². The van der Waals surface area contributed by atoms with Crippen LogP contribution in [0.15, 0.2) is 39.9 Å². The molecule has 1 aromatic heterocycles. The minimum Gasteiger partial charge on any atom is -0.465 e. The molecular weight excluding hydrogens is 466 g/mol. The quantitative estimate of drug-likeness (QED) is 0.485. The van der Waals surface area contributed by atoms with Gasteiger partial charge in [-0.25, -0.2) is 14.8 Å². The molecule has 28 heavy (non-hydrogen) atoms. The Labute approximate surface area is 180 Å². The largest absolute Gasteiger partial charge is 0.465 e. The van der Waals surface area contributed by atoms with Gasteiger partial charge >= 0.3 is 6.09 Å². The van der Waals surface area contributed by atoms with Crippen LogP contribution in [0.2, 0.25) is 5.15 Å². The van der Waals surface area contributed by atoms with E-state index in [2.05, 4.69) is 20.9 Å². The molecule has 1 unspecified atom stereocenters. The van der Waals surface area contributed by atoms with Crippen molar-refractivity contribution in [2.24, 2.45) is 4.99 Å². The average Bonchev–Trinajstić information content (AvgIpc) is 3.00. The molecule has 2 aromatic rings. The van der Waals surface area contributed by atoms with E-state index in [1.54, 1.807) is 12.3 Å². The smallest absolute Gasteiger partial charge is 0.413 e. The molecule has 2 aliphatic rings. The van der Waals surface area contributed by atoms with Crippen molar-refractivity contribution >= 4 is 50.6 Å². The summed E-state index contributed by atoms with van der Waals surface area (Å²) in [7, 11) is 0. The Kier molecular flexibility index (Phi) is 4.63. The van der Waals surface area contributed by atoms with E-state index in [1.165, 1.54) is 16.7 Å². The average molecular weight is 483 g/mol. The van der Waals surface area contributed by atoms with Crippen LogP contribution >= 0.6 is 39.3 Å². The van der Waals surface area contributed by atoms with Crippen LogP contribution in [0.5, 0.6) is 11.5 Å². The molecule has 0 saturated heterocycles. The number of nitrogens with zero attached hydrogens (tertiary/aromatic N) is 3. The summed E-state index contributed by atoms with van der Waals surface area (Å²) in [5.74, 6) is 1.77. The summed E-state index contributed by atoms with van der Waals surface area (Å²) < 4.78 is 6.92. The van der Waals surface area contributed by atoms with Crippen molar-refractivity contribution in [3.8, 4) is 11.5 Å². The maximum Gasteiger partial charge on any atom is 0.413 e. The number of amides is 1. The van der Waals surface area contributed by atoms with Crippen molar-refractivity contribution in [1.29, 1.82) is 0 Å². The van der Waals surface area contributed by atoms with Crippen LogP contribution in [0, 0.1) is 0 Å². The molecule has 0 saturated carbocycles. The molecular formula is C19H17BrClN3O3S. The molecule has 0 fully saturated rings. The van der Waals surface area contributed by atoms with Crippen LogP contribution < -0.4 is 4.74 Å². The van der Waals surface area contributed by atoms with Crippen molar-refractivity contribution in [1.82, 2.24) is 9.88 Å². The molecule has 1 N–H and O–H groups in total. The molecule has 2 aliphatic heterocycles. The lowest BCUT2D eigenvalue weighted by molar-refractivity contribution is 0.142. The van der Waals surface area contributed by atoms with Gasteiger partial charge in [-0.2, -0.15) is 0 Å². The summed E-state index contributed by atoms with van der Waals surface area (Å²) in [5.41, 5.74) is 0.198. The summed E-state index contributed by atoms with van der Waals surface area (Å²) in [4.78, 5) is 22.4. The number of amidine groups is 1. The number of rotatable bonds is 0. The number of aliphatic imine (C=N–C) groups is 1. The highest BCUT2D eigenvalue weighted by Crippen LogP contribution is 2.54. The van der Waals surface area contributed by atoms with Crippen molar-refractivity contribution in [3.63, 3.8) is 0 Å². The Bertz CT molecular complexity index is 970. The number of carbonyl (C=O) groups is 1. The van der Waals surface area contributed by atoms with Crippen molar-refractivity contribution in [2.75, 3.05) is 5.75 Å². The van der Waals surface area contributed by atoms with Gasteiger partial charge in [0.2, 0.25) is 0 Å². The maximum absolute atomic E-state index is 12.0. The van der Waals surface area contributed by atoms with Gasteiger partial charge in [-0.3, -0.25) is 4.90 Å². The number of ether oxygens (including phenoxy) is 1. The molecule has 146 valence electrons. The summed E-state index contributed by atoms with van der Waals surface area (Å²) in [6, 6.07) is 7.47. The van der Waals surface area contributed by atoms with Crippen LogP contribution in [-0.4, -0.2) is 37.5 Å². The summed E-state index contributed by atoms with van der Waals surface area (Å²) in [6.45, 7) is 5.54. The number of benzene rings is 1. The Hall–Kier alpha value is -1.77.